The van der Waals surface area contributed by atoms with E-state index in [-0.39, 0.29) is 51.4 Å². The molecule has 9 heavy (non-hydrogen) atoms. The van der Waals surface area contributed by atoms with Crippen LogP contribution in [0.15, 0.2) is 0 Å². The standard InChI is InChI=1S/K.Mn.O2Si.4O/c;;1-3-2;;;;/q+1;;;;;;-1. The second-order valence-electron chi connectivity index (χ2n) is 0.461. The monoisotopic (exact) mass is 218 g/mol. The van der Waals surface area contributed by atoms with Crippen molar-refractivity contribution < 1.29 is 89.0 Å². The van der Waals surface area contributed by atoms with E-state index in [1.165, 1.54) is 0 Å². The molecule has 0 heterocycles. The van der Waals surface area contributed by atoms with Crippen LogP contribution in [0.1, 0.15) is 0 Å². The maximum absolute atomic E-state index is 8.58. The van der Waals surface area contributed by atoms with Gasteiger partial charge in [0.05, 0.1) is 0 Å². The number of hydrogen-bond acceptors (Lipinski definition) is 6. The average molecular weight is 218 g/mol. The predicted molar refractivity (Wildman–Crippen MR) is 9.19 cm³/mol. The van der Waals surface area contributed by atoms with Crippen LogP contribution in [0, 0.1) is 0 Å². The Morgan fingerprint density at radius 1 is 1.11 bits per heavy atom. The van der Waals surface area contributed by atoms with Gasteiger partial charge in [-0.2, -0.15) is 0 Å². The maximum atomic E-state index is 8.58. The van der Waals surface area contributed by atoms with E-state index in [1.54, 1.807) is 0 Å². The molecule has 0 amide bonds. The van der Waals surface area contributed by atoms with E-state index in [1.807, 2.05) is 0 Å². The zero-order valence-electron chi connectivity index (χ0n) is 4.33. The van der Waals surface area contributed by atoms with Crippen LogP contribution in [0.4, 0.5) is 0 Å². The van der Waals surface area contributed by atoms with Crippen LogP contribution in [-0.2, 0) is 33.4 Å². The molecule has 0 rings (SSSR count). The molecule has 0 spiro atoms. The van der Waals surface area contributed by atoms with Gasteiger partial charge in [-0.05, 0) is 0 Å². The van der Waals surface area contributed by atoms with Crippen molar-refractivity contribution in [2.45, 2.75) is 0 Å². The molecule has 0 N–H and O–H groups in total. The summed E-state index contributed by atoms with van der Waals surface area (Å²) < 4.78 is 51.1. The Morgan fingerprint density at radius 2 is 1.11 bits per heavy atom. The Kier molecular flexibility index (Phi) is 17.4. The third-order valence-electron chi connectivity index (χ3n) is 0. The van der Waals surface area contributed by atoms with Crippen LogP contribution in [0.5, 0.6) is 0 Å². The minimum absolute atomic E-state index is 0. The van der Waals surface area contributed by atoms with E-state index < -0.39 is 22.3 Å². The topological polar surface area (TPSA) is 108 Å². The molecular weight excluding hydrogens is 218 g/mol. The van der Waals surface area contributed by atoms with E-state index in [2.05, 4.69) is 0 Å². The van der Waals surface area contributed by atoms with Gasteiger partial charge in [-0.3, -0.25) is 8.92 Å². The zero-order chi connectivity index (χ0) is 7.21. The summed E-state index contributed by atoms with van der Waals surface area (Å²) in [5.41, 5.74) is 0. The first-order valence-electron chi connectivity index (χ1n) is 1.03. The molecule has 0 fully saturated rings. The predicted octanol–water partition coefficient (Wildman–Crippen LogP) is -5.16. The number of rotatable bonds is 0. The first-order chi connectivity index (χ1) is 3.41. The van der Waals surface area contributed by atoms with Crippen LogP contribution in [-0.4, -0.2) is 9.29 Å². The molecule has 6 nitrogen and oxygen atoms in total. The second kappa shape index (κ2) is 9.33. The third kappa shape index (κ3) is 283. The molecule has 0 radical (unpaired) electrons. The van der Waals surface area contributed by atoms with Crippen molar-refractivity contribution in [3.05, 3.63) is 0 Å². The molecule has 0 aromatic carbocycles. The summed E-state index contributed by atoms with van der Waals surface area (Å²) in [6.45, 7) is 0. The SMILES string of the molecule is O=[Si]=O.[K+].[O]=[Mn](=[O])(=[O])[O-]. The summed E-state index contributed by atoms with van der Waals surface area (Å²) in [6, 6.07) is 0. The molecule has 0 aliphatic heterocycles. The van der Waals surface area contributed by atoms with Gasteiger partial charge in [0.2, 0.25) is 0 Å². The Labute approximate surface area is 96.5 Å². The van der Waals surface area contributed by atoms with Crippen molar-refractivity contribution in [3.63, 3.8) is 0 Å². The Hall–Kier alpha value is 1.33. The van der Waals surface area contributed by atoms with E-state index >= 15 is 0 Å². The average Bonchev–Trinajstić information content (AvgIpc) is 1.27. The second-order valence-corrected chi connectivity index (χ2v) is 1.81. The van der Waals surface area contributed by atoms with Gasteiger partial charge in [0.15, 0.2) is 0 Å². The quantitative estimate of drug-likeness (QED) is 0.376. The van der Waals surface area contributed by atoms with Gasteiger partial charge in [-0.25, -0.2) is 0 Å². The Bertz CT molecular complexity index is 196. The van der Waals surface area contributed by atoms with E-state index in [0.29, 0.717) is 0 Å². The molecular formula is KMnO6Si. The normalized spacial score (nSPS) is 7.22. The molecule has 48 valence electrons. The minimum atomic E-state index is -5.62. The van der Waals surface area contributed by atoms with E-state index in [9.17, 15) is 0 Å². The van der Waals surface area contributed by atoms with Crippen molar-refractivity contribution >= 4 is 9.29 Å². The molecule has 9 heteroatoms. The summed E-state index contributed by atoms with van der Waals surface area (Å²) in [5, 5.41) is 0. The molecule has 0 unspecified atom stereocenters. The van der Waals surface area contributed by atoms with Gasteiger partial charge in [0, 0.05) is 0 Å². The zero-order valence-corrected chi connectivity index (χ0v) is 9.63. The fraction of sp³-hybridized carbons (Fsp3) is 0. The molecule has 0 aliphatic carbocycles. The van der Waals surface area contributed by atoms with Crippen molar-refractivity contribution in [1.29, 1.82) is 0 Å². The van der Waals surface area contributed by atoms with Crippen molar-refractivity contribution in [2.75, 3.05) is 0 Å². The number of hydrogen-bond donors (Lipinski definition) is 0. The van der Waals surface area contributed by atoms with E-state index in [4.69, 9.17) is 24.6 Å². The first-order valence-corrected chi connectivity index (χ1v) is 3.77. The van der Waals surface area contributed by atoms with Gasteiger partial charge in [-0.1, -0.05) is 0 Å². The van der Waals surface area contributed by atoms with Gasteiger partial charge in [0.1, 0.15) is 0 Å². The van der Waals surface area contributed by atoms with Gasteiger partial charge < -0.3 is 0 Å². The van der Waals surface area contributed by atoms with Crippen LogP contribution in [0.3, 0.4) is 0 Å². The van der Waals surface area contributed by atoms with Crippen LogP contribution >= 0.6 is 0 Å². The van der Waals surface area contributed by atoms with Gasteiger partial charge in [-0.15, -0.1) is 0 Å². The first kappa shape index (κ1) is 16.7. The van der Waals surface area contributed by atoms with Gasteiger partial charge >= 0.3 is 89.3 Å². The Morgan fingerprint density at radius 3 is 1.11 bits per heavy atom. The van der Waals surface area contributed by atoms with Crippen LogP contribution in [0.2, 0.25) is 0 Å². The molecule has 0 aromatic heterocycles. The molecule has 0 saturated carbocycles. The summed E-state index contributed by atoms with van der Waals surface area (Å²) in [5.74, 6) is 0. The van der Waals surface area contributed by atoms with Crippen molar-refractivity contribution in [2.24, 2.45) is 0 Å². The fourth-order valence-corrected chi connectivity index (χ4v) is 0. The molecule has 0 aliphatic rings. The summed E-state index contributed by atoms with van der Waals surface area (Å²) in [7, 11) is -1.42. The molecule has 0 bridgehead atoms. The van der Waals surface area contributed by atoms with Crippen molar-refractivity contribution in [3.8, 4) is 0 Å². The molecule has 0 aromatic rings. The molecule has 0 saturated heterocycles. The Balaban J connectivity index is -0.0000000800. The van der Waals surface area contributed by atoms with Gasteiger partial charge in [0.25, 0.3) is 0 Å². The van der Waals surface area contributed by atoms with Crippen LogP contribution < -0.4 is 55.6 Å². The fourth-order valence-electron chi connectivity index (χ4n) is 0. The summed E-state index contributed by atoms with van der Waals surface area (Å²) >= 11 is -5.62. The van der Waals surface area contributed by atoms with Crippen LogP contribution in [0.25, 0.3) is 0 Å². The summed E-state index contributed by atoms with van der Waals surface area (Å²) in [6.07, 6.45) is 0. The van der Waals surface area contributed by atoms with Crippen molar-refractivity contribution in [1.82, 2.24) is 0 Å². The third-order valence-corrected chi connectivity index (χ3v) is 0. The summed E-state index contributed by atoms with van der Waals surface area (Å²) in [4.78, 5) is 0. The molecule has 0 atom stereocenters. The van der Waals surface area contributed by atoms with E-state index in [0.717, 1.165) is 0 Å².